The summed E-state index contributed by atoms with van der Waals surface area (Å²) in [6.45, 7) is 3.37. The smallest absolute Gasteiger partial charge is 0.220 e. The Balaban J connectivity index is 2.30. The lowest BCUT2D eigenvalue weighted by molar-refractivity contribution is -0.302. The second-order valence-electron chi connectivity index (χ2n) is 14.4. The average molecular weight is 772 g/mol. The van der Waals surface area contributed by atoms with Crippen LogP contribution in [0, 0.1) is 0 Å². The number of aliphatic hydroxyl groups excluding tert-OH is 5. The summed E-state index contributed by atoms with van der Waals surface area (Å²) in [5, 5.41) is 53.9. The van der Waals surface area contributed by atoms with E-state index in [1.54, 1.807) is 6.08 Å². The molecule has 7 atom stereocenters. The fourth-order valence-electron chi connectivity index (χ4n) is 6.12. The number of nitrogens with one attached hydrogen (secondary N) is 1. The Bertz CT molecular complexity index is 1130. The molecule has 6 N–H and O–H groups in total. The van der Waals surface area contributed by atoms with Crippen LogP contribution in [0.15, 0.2) is 85.1 Å². The standard InChI is InChI=1S/C46H77NO8/c1-3-5-7-9-11-13-14-15-16-17-18-19-20-21-22-23-24-25-26-28-30-32-34-36-42(50)47-39(40(49)35-33-31-29-27-12-10-8-6-4-2)38-54-46-45(53)44(52)43(51)41(37-48)55-46/h4-7,11-13,15-16,18-19,27,33,35,39-41,43-46,48-49,51-53H,3,8-10,14,17,20-26,28-32,34,36-38H2,1-2H3,(H,47,50)/b6-4+,7-5-,13-11-,16-15-,19-18-,27-12+,35-33+. The van der Waals surface area contributed by atoms with E-state index < -0.39 is 49.5 Å². The van der Waals surface area contributed by atoms with E-state index >= 15 is 0 Å². The summed E-state index contributed by atoms with van der Waals surface area (Å²) in [5.74, 6) is -0.204. The largest absolute Gasteiger partial charge is 0.394 e. The van der Waals surface area contributed by atoms with E-state index in [4.69, 9.17) is 9.47 Å². The van der Waals surface area contributed by atoms with Gasteiger partial charge in [-0.15, -0.1) is 0 Å². The summed E-state index contributed by atoms with van der Waals surface area (Å²) < 4.78 is 11.1. The van der Waals surface area contributed by atoms with Gasteiger partial charge in [-0.1, -0.05) is 143 Å². The molecule has 0 spiro atoms. The van der Waals surface area contributed by atoms with E-state index in [1.807, 2.05) is 19.1 Å². The van der Waals surface area contributed by atoms with Crippen LogP contribution in [0.1, 0.15) is 142 Å². The third-order valence-corrected chi connectivity index (χ3v) is 9.53. The van der Waals surface area contributed by atoms with Crippen LogP contribution in [0.25, 0.3) is 0 Å². The first-order chi connectivity index (χ1) is 26.8. The van der Waals surface area contributed by atoms with E-state index in [0.717, 1.165) is 83.5 Å². The van der Waals surface area contributed by atoms with Crippen molar-refractivity contribution in [1.82, 2.24) is 5.32 Å². The predicted molar refractivity (Wildman–Crippen MR) is 225 cm³/mol. The highest BCUT2D eigenvalue weighted by Gasteiger charge is 2.44. The summed E-state index contributed by atoms with van der Waals surface area (Å²) in [6.07, 6.45) is 42.3. The van der Waals surface area contributed by atoms with Crippen LogP contribution in [-0.2, 0) is 14.3 Å². The van der Waals surface area contributed by atoms with Crippen molar-refractivity contribution in [3.05, 3.63) is 85.1 Å². The Hall–Kier alpha value is -2.63. The van der Waals surface area contributed by atoms with Crippen molar-refractivity contribution in [1.29, 1.82) is 0 Å². The van der Waals surface area contributed by atoms with Crippen LogP contribution in [0.4, 0.5) is 0 Å². The predicted octanol–water partition coefficient (Wildman–Crippen LogP) is 8.38. The summed E-state index contributed by atoms with van der Waals surface area (Å²) in [7, 11) is 0. The highest BCUT2D eigenvalue weighted by molar-refractivity contribution is 5.76. The molecule has 55 heavy (non-hydrogen) atoms. The molecule has 0 aliphatic carbocycles. The lowest BCUT2D eigenvalue weighted by Gasteiger charge is -2.40. The number of carbonyl (C=O) groups excluding carboxylic acids is 1. The molecule has 1 heterocycles. The van der Waals surface area contributed by atoms with Crippen LogP contribution in [0.2, 0.25) is 0 Å². The van der Waals surface area contributed by atoms with Gasteiger partial charge in [0, 0.05) is 6.42 Å². The van der Waals surface area contributed by atoms with Gasteiger partial charge in [-0.25, -0.2) is 0 Å². The summed E-state index contributed by atoms with van der Waals surface area (Å²) in [5.41, 5.74) is 0. The summed E-state index contributed by atoms with van der Waals surface area (Å²) >= 11 is 0. The maximum absolute atomic E-state index is 12.9. The Kier molecular flexibility index (Phi) is 32.8. The van der Waals surface area contributed by atoms with Crippen molar-refractivity contribution < 1.29 is 39.8 Å². The zero-order valence-electron chi connectivity index (χ0n) is 34.1. The third-order valence-electron chi connectivity index (χ3n) is 9.53. The van der Waals surface area contributed by atoms with E-state index in [1.165, 1.54) is 38.5 Å². The van der Waals surface area contributed by atoms with E-state index in [-0.39, 0.29) is 12.5 Å². The molecule has 7 unspecified atom stereocenters. The highest BCUT2D eigenvalue weighted by atomic mass is 16.7. The Labute approximate surface area is 333 Å². The Morgan fingerprint density at radius 1 is 0.655 bits per heavy atom. The molecule has 0 bridgehead atoms. The van der Waals surface area contributed by atoms with Gasteiger partial charge in [0.1, 0.15) is 24.4 Å². The van der Waals surface area contributed by atoms with Gasteiger partial charge in [-0.3, -0.25) is 4.79 Å². The van der Waals surface area contributed by atoms with E-state index in [0.29, 0.717) is 6.42 Å². The van der Waals surface area contributed by atoms with Gasteiger partial charge in [-0.05, 0) is 77.6 Å². The zero-order valence-corrected chi connectivity index (χ0v) is 34.1. The molecule has 0 aromatic rings. The van der Waals surface area contributed by atoms with Crippen LogP contribution < -0.4 is 5.32 Å². The molecule has 0 saturated carbocycles. The fraction of sp³-hybridized carbons (Fsp3) is 0.674. The van der Waals surface area contributed by atoms with Crippen molar-refractivity contribution >= 4 is 5.91 Å². The van der Waals surface area contributed by atoms with Crippen molar-refractivity contribution in [3.8, 4) is 0 Å². The monoisotopic (exact) mass is 772 g/mol. The molecule has 1 amide bonds. The number of rotatable bonds is 33. The topological polar surface area (TPSA) is 149 Å². The summed E-state index contributed by atoms with van der Waals surface area (Å²) in [4.78, 5) is 12.9. The molecule has 0 aromatic carbocycles. The minimum Gasteiger partial charge on any atom is -0.394 e. The lowest BCUT2D eigenvalue weighted by Crippen LogP contribution is -2.60. The second-order valence-corrected chi connectivity index (χ2v) is 14.4. The number of carbonyl (C=O) groups is 1. The first-order valence-electron chi connectivity index (χ1n) is 21.3. The Morgan fingerprint density at radius 3 is 1.75 bits per heavy atom. The minimum atomic E-state index is -1.58. The van der Waals surface area contributed by atoms with Gasteiger partial charge in [0.15, 0.2) is 6.29 Å². The lowest BCUT2D eigenvalue weighted by atomic mass is 9.99. The van der Waals surface area contributed by atoms with Crippen molar-refractivity contribution in [2.24, 2.45) is 0 Å². The molecule has 0 radical (unpaired) electrons. The minimum absolute atomic E-state index is 0.204. The third kappa shape index (κ3) is 26.8. The maximum Gasteiger partial charge on any atom is 0.220 e. The highest BCUT2D eigenvalue weighted by Crippen LogP contribution is 2.22. The van der Waals surface area contributed by atoms with Crippen molar-refractivity contribution in [2.75, 3.05) is 13.2 Å². The molecule has 1 aliphatic rings. The molecule has 1 rings (SSSR count). The molecule has 314 valence electrons. The van der Waals surface area contributed by atoms with Gasteiger partial charge in [0.25, 0.3) is 0 Å². The van der Waals surface area contributed by atoms with E-state index in [2.05, 4.69) is 79.1 Å². The average Bonchev–Trinajstić information content (AvgIpc) is 3.18. The van der Waals surface area contributed by atoms with Crippen molar-refractivity contribution in [2.45, 2.75) is 185 Å². The first kappa shape index (κ1) is 50.4. The summed E-state index contributed by atoms with van der Waals surface area (Å²) in [6, 6.07) is -0.832. The number of unbranched alkanes of at least 4 members (excludes halogenated alkanes) is 12. The molecule has 9 heteroatoms. The molecule has 1 aliphatic heterocycles. The van der Waals surface area contributed by atoms with Crippen LogP contribution >= 0.6 is 0 Å². The molecule has 0 aromatic heterocycles. The number of aliphatic hydroxyl groups is 5. The van der Waals surface area contributed by atoms with Gasteiger partial charge < -0.3 is 40.3 Å². The number of ether oxygens (including phenoxy) is 2. The zero-order chi connectivity index (χ0) is 40.2. The molecular formula is C46H77NO8. The number of amides is 1. The number of hydrogen-bond donors (Lipinski definition) is 6. The van der Waals surface area contributed by atoms with Gasteiger partial charge in [0.05, 0.1) is 25.4 Å². The van der Waals surface area contributed by atoms with Crippen LogP contribution in [0.5, 0.6) is 0 Å². The fourth-order valence-corrected chi connectivity index (χ4v) is 6.12. The Morgan fingerprint density at radius 2 is 1.16 bits per heavy atom. The number of hydrogen-bond acceptors (Lipinski definition) is 8. The normalized spacial score (nSPS) is 22.2. The SMILES string of the molecule is C/C=C/CC/C=C/CC/C=C/C(O)C(COC1OC(CO)C(O)C(O)C1O)NC(=O)CCCCCCCCCCCC/C=C\C/C=C\C/C=C\C/C=C\CC. The quantitative estimate of drug-likeness (QED) is 0.0288. The molecule has 1 saturated heterocycles. The molecule has 1 fully saturated rings. The van der Waals surface area contributed by atoms with E-state index in [9.17, 15) is 30.3 Å². The molecular weight excluding hydrogens is 695 g/mol. The van der Waals surface area contributed by atoms with Crippen molar-refractivity contribution in [3.63, 3.8) is 0 Å². The van der Waals surface area contributed by atoms with Crippen LogP contribution in [0.3, 0.4) is 0 Å². The van der Waals surface area contributed by atoms with Crippen LogP contribution in [-0.4, -0.2) is 87.5 Å². The first-order valence-corrected chi connectivity index (χ1v) is 21.3. The van der Waals surface area contributed by atoms with Gasteiger partial charge in [-0.2, -0.15) is 0 Å². The molecule has 9 nitrogen and oxygen atoms in total. The number of allylic oxidation sites excluding steroid dienone is 13. The van der Waals surface area contributed by atoms with Gasteiger partial charge >= 0.3 is 0 Å². The second kappa shape index (κ2) is 35.8. The maximum atomic E-state index is 12.9. The van der Waals surface area contributed by atoms with Gasteiger partial charge in [0.2, 0.25) is 5.91 Å².